The van der Waals surface area contributed by atoms with Crippen molar-refractivity contribution in [2.45, 2.75) is 25.8 Å². The second-order valence-corrected chi connectivity index (χ2v) is 9.32. The Balaban J connectivity index is 1.72. The molecule has 2 aromatic rings. The predicted octanol–water partition coefficient (Wildman–Crippen LogP) is 1.70. The molecule has 2 aromatic heterocycles. The van der Waals surface area contributed by atoms with Crippen molar-refractivity contribution in [2.75, 3.05) is 18.6 Å². The van der Waals surface area contributed by atoms with E-state index in [9.17, 15) is 13.2 Å². The smallest absolute Gasteiger partial charge is 0.227 e. The fraction of sp³-hybridized carbons (Fsp3) is 0.438. The molecule has 0 spiro atoms. The summed E-state index contributed by atoms with van der Waals surface area (Å²) in [5, 5.41) is 0.842. The highest BCUT2D eigenvalue weighted by Crippen LogP contribution is 2.28. The molecule has 1 aliphatic heterocycles. The fourth-order valence-corrected chi connectivity index (χ4v) is 5.57. The van der Waals surface area contributed by atoms with Gasteiger partial charge in [0.05, 0.1) is 23.6 Å². The van der Waals surface area contributed by atoms with Crippen molar-refractivity contribution in [3.63, 3.8) is 0 Å². The zero-order valence-corrected chi connectivity index (χ0v) is 15.2. The molecule has 0 aromatic carbocycles. The third-order valence-electron chi connectivity index (χ3n) is 4.26. The summed E-state index contributed by atoms with van der Waals surface area (Å²) in [5.74, 6) is 0.166. The Labute approximate surface area is 145 Å². The molecule has 3 rings (SSSR count). The summed E-state index contributed by atoms with van der Waals surface area (Å²) in [4.78, 5) is 23.6. The van der Waals surface area contributed by atoms with E-state index in [4.69, 9.17) is 0 Å². The average molecular weight is 365 g/mol. The van der Waals surface area contributed by atoms with Crippen molar-refractivity contribution in [3.8, 4) is 10.6 Å². The summed E-state index contributed by atoms with van der Waals surface area (Å²) in [7, 11) is -1.31. The van der Waals surface area contributed by atoms with Crippen molar-refractivity contribution in [3.05, 3.63) is 35.1 Å². The van der Waals surface area contributed by atoms with Crippen molar-refractivity contribution < 1.29 is 13.2 Å². The van der Waals surface area contributed by atoms with Gasteiger partial charge in [0.25, 0.3) is 0 Å². The molecule has 6 nitrogen and oxygen atoms in total. The highest BCUT2D eigenvalue weighted by molar-refractivity contribution is 7.91. The fourth-order valence-electron chi connectivity index (χ4n) is 2.75. The van der Waals surface area contributed by atoms with Crippen LogP contribution >= 0.6 is 11.3 Å². The second-order valence-electron chi connectivity index (χ2n) is 6.01. The van der Waals surface area contributed by atoms with Gasteiger partial charge in [0.15, 0.2) is 9.84 Å². The Morgan fingerprint density at radius 2 is 2.25 bits per heavy atom. The van der Waals surface area contributed by atoms with Gasteiger partial charge >= 0.3 is 0 Å². The molecule has 128 valence electrons. The van der Waals surface area contributed by atoms with Gasteiger partial charge in [-0.2, -0.15) is 0 Å². The summed E-state index contributed by atoms with van der Waals surface area (Å²) < 4.78 is 23.2. The third-order valence-corrected chi connectivity index (χ3v) is 7.22. The number of thiazole rings is 1. The minimum absolute atomic E-state index is 0.0673. The number of carbonyl (C=O) groups is 1. The first-order valence-corrected chi connectivity index (χ1v) is 10.3. The van der Waals surface area contributed by atoms with Crippen LogP contribution in [0, 0.1) is 6.92 Å². The normalized spacial score (nSPS) is 19.3. The molecule has 1 fully saturated rings. The number of hydrogen-bond donors (Lipinski definition) is 0. The lowest BCUT2D eigenvalue weighted by molar-refractivity contribution is -0.130. The molecule has 1 saturated heterocycles. The van der Waals surface area contributed by atoms with Gasteiger partial charge in [0.2, 0.25) is 5.91 Å². The maximum absolute atomic E-state index is 12.5. The van der Waals surface area contributed by atoms with E-state index in [-0.39, 0.29) is 29.9 Å². The van der Waals surface area contributed by atoms with Crippen LogP contribution in [0.5, 0.6) is 0 Å². The quantitative estimate of drug-likeness (QED) is 0.824. The van der Waals surface area contributed by atoms with Crippen LogP contribution < -0.4 is 0 Å². The number of likely N-dealkylation sites (N-methyl/N-ethyl adjacent to an activating group) is 1. The summed E-state index contributed by atoms with van der Waals surface area (Å²) in [5.41, 5.74) is 1.76. The number of amides is 1. The molecule has 1 amide bonds. The molecule has 0 bridgehead atoms. The minimum atomic E-state index is -3.00. The summed E-state index contributed by atoms with van der Waals surface area (Å²) in [6.07, 6.45) is 4.22. The minimum Gasteiger partial charge on any atom is -0.341 e. The molecule has 0 saturated carbocycles. The van der Waals surface area contributed by atoms with Crippen LogP contribution in [0.25, 0.3) is 10.6 Å². The number of pyridine rings is 1. The highest BCUT2D eigenvalue weighted by Gasteiger charge is 2.32. The molecule has 24 heavy (non-hydrogen) atoms. The van der Waals surface area contributed by atoms with Gasteiger partial charge in [-0.1, -0.05) is 0 Å². The number of aryl methyl sites for hydroxylation is 1. The van der Waals surface area contributed by atoms with Gasteiger partial charge in [-0.25, -0.2) is 13.4 Å². The topological polar surface area (TPSA) is 80.2 Å². The maximum Gasteiger partial charge on any atom is 0.227 e. The number of carbonyl (C=O) groups excluding carboxylic acids is 1. The third kappa shape index (κ3) is 3.64. The average Bonchev–Trinajstić information content (AvgIpc) is 3.10. The standard InChI is InChI=1S/C16H19N3O3S2/c1-11-14(23-16(18-11)12-4-3-6-17-9-12)8-15(20)19(2)13-5-7-24(21,22)10-13/h3-4,6,9,13H,5,7-8,10H2,1-2H3. The monoisotopic (exact) mass is 365 g/mol. The van der Waals surface area contributed by atoms with E-state index in [2.05, 4.69) is 9.97 Å². The van der Waals surface area contributed by atoms with E-state index < -0.39 is 9.84 Å². The number of aromatic nitrogens is 2. The summed E-state index contributed by atoms with van der Waals surface area (Å²) in [6, 6.07) is 3.57. The van der Waals surface area contributed by atoms with Gasteiger partial charge in [0.1, 0.15) is 5.01 Å². The predicted molar refractivity (Wildman–Crippen MR) is 93.6 cm³/mol. The van der Waals surface area contributed by atoms with Gasteiger partial charge in [-0.3, -0.25) is 9.78 Å². The molecule has 1 aliphatic rings. The molecular formula is C16H19N3O3S2. The first-order valence-electron chi connectivity index (χ1n) is 7.68. The van der Waals surface area contributed by atoms with Crippen LogP contribution in [0.1, 0.15) is 17.0 Å². The van der Waals surface area contributed by atoms with Crippen LogP contribution in [0.2, 0.25) is 0 Å². The Kier molecular flexibility index (Phi) is 4.69. The Morgan fingerprint density at radius 1 is 1.46 bits per heavy atom. The van der Waals surface area contributed by atoms with Crippen molar-refractivity contribution in [1.29, 1.82) is 0 Å². The number of nitrogens with zero attached hydrogens (tertiary/aromatic N) is 3. The molecule has 8 heteroatoms. The Bertz CT molecular complexity index is 847. The number of sulfone groups is 1. The van der Waals surface area contributed by atoms with Crippen molar-refractivity contribution >= 4 is 27.1 Å². The lowest BCUT2D eigenvalue weighted by Crippen LogP contribution is -2.38. The molecule has 0 aliphatic carbocycles. The van der Waals surface area contributed by atoms with Gasteiger partial charge < -0.3 is 4.90 Å². The molecule has 0 N–H and O–H groups in total. The molecule has 1 unspecified atom stereocenters. The largest absolute Gasteiger partial charge is 0.341 e. The molecule has 0 radical (unpaired) electrons. The van der Waals surface area contributed by atoms with Crippen LogP contribution in [-0.4, -0.2) is 53.8 Å². The first kappa shape index (κ1) is 17.0. The number of hydrogen-bond acceptors (Lipinski definition) is 6. The van der Waals surface area contributed by atoms with Crippen molar-refractivity contribution in [1.82, 2.24) is 14.9 Å². The van der Waals surface area contributed by atoms with Gasteiger partial charge in [0, 0.05) is 35.9 Å². The van der Waals surface area contributed by atoms with E-state index >= 15 is 0 Å². The Hall–Kier alpha value is -1.80. The highest BCUT2D eigenvalue weighted by atomic mass is 32.2. The van der Waals surface area contributed by atoms with Gasteiger partial charge in [-0.15, -0.1) is 11.3 Å². The van der Waals surface area contributed by atoms with Crippen LogP contribution in [0.3, 0.4) is 0 Å². The van der Waals surface area contributed by atoms with E-state index in [1.807, 2.05) is 19.1 Å². The van der Waals surface area contributed by atoms with Crippen LogP contribution in [0.15, 0.2) is 24.5 Å². The van der Waals surface area contributed by atoms with Crippen molar-refractivity contribution in [2.24, 2.45) is 0 Å². The first-order chi connectivity index (χ1) is 11.4. The van der Waals surface area contributed by atoms with Crippen LogP contribution in [-0.2, 0) is 21.1 Å². The molecular weight excluding hydrogens is 346 g/mol. The van der Waals surface area contributed by atoms with E-state index in [1.54, 1.807) is 24.3 Å². The van der Waals surface area contributed by atoms with E-state index in [1.165, 1.54) is 11.3 Å². The lowest BCUT2D eigenvalue weighted by atomic mass is 10.2. The SMILES string of the molecule is Cc1nc(-c2cccnc2)sc1CC(=O)N(C)C1CCS(=O)(=O)C1. The zero-order chi connectivity index (χ0) is 17.3. The van der Waals surface area contributed by atoms with E-state index in [0.29, 0.717) is 6.42 Å². The number of rotatable bonds is 4. The summed E-state index contributed by atoms with van der Waals surface area (Å²) in [6.45, 7) is 1.89. The van der Waals surface area contributed by atoms with Crippen LogP contribution in [0.4, 0.5) is 0 Å². The Morgan fingerprint density at radius 3 is 2.88 bits per heavy atom. The van der Waals surface area contributed by atoms with Gasteiger partial charge in [-0.05, 0) is 25.5 Å². The molecule has 1 atom stereocenters. The second kappa shape index (κ2) is 6.60. The summed E-state index contributed by atoms with van der Waals surface area (Å²) >= 11 is 1.48. The maximum atomic E-state index is 12.5. The van der Waals surface area contributed by atoms with E-state index in [0.717, 1.165) is 21.1 Å². The lowest BCUT2D eigenvalue weighted by Gasteiger charge is -2.23. The molecule has 3 heterocycles. The zero-order valence-electron chi connectivity index (χ0n) is 13.6.